The van der Waals surface area contributed by atoms with E-state index in [1.165, 1.54) is 39.2 Å². The number of nitrogens with one attached hydrogen (secondary N) is 2. The smallest absolute Gasteiger partial charge is 0.311 e. The van der Waals surface area contributed by atoms with Gasteiger partial charge in [0.25, 0.3) is 11.8 Å². The highest BCUT2D eigenvalue weighted by molar-refractivity contribution is 6.40. The molecule has 4 fully saturated rings. The van der Waals surface area contributed by atoms with Crippen LogP contribution in [0.25, 0.3) is 11.1 Å². The van der Waals surface area contributed by atoms with Crippen LogP contribution in [0.1, 0.15) is 115 Å². The van der Waals surface area contributed by atoms with Crippen molar-refractivity contribution in [3.63, 3.8) is 0 Å². The molecule has 0 saturated heterocycles. The van der Waals surface area contributed by atoms with Crippen LogP contribution in [-0.4, -0.2) is 93.7 Å². The summed E-state index contributed by atoms with van der Waals surface area (Å²) in [6, 6.07) is 10.9. The normalized spacial score (nSPS) is 27.2. The summed E-state index contributed by atoms with van der Waals surface area (Å²) < 4.78 is 14.6. The van der Waals surface area contributed by atoms with Crippen LogP contribution >= 0.6 is 23.2 Å². The molecule has 15 heteroatoms. The fourth-order valence-electron chi connectivity index (χ4n) is 13.1. The Morgan fingerprint density at radius 1 is 0.688 bits per heavy atom. The number of hydrogen-bond donors (Lipinski definition) is 2. The zero-order valence-electron chi connectivity index (χ0n) is 37.6. The largest absolute Gasteiger partial charge is 0.469 e. The summed E-state index contributed by atoms with van der Waals surface area (Å²) in [5.74, 6) is -0.0529. The first-order valence-corrected chi connectivity index (χ1v) is 23.8. The van der Waals surface area contributed by atoms with Gasteiger partial charge >= 0.3 is 5.97 Å². The lowest BCUT2D eigenvalue weighted by Gasteiger charge is -2.35. The van der Waals surface area contributed by atoms with Crippen molar-refractivity contribution in [1.82, 2.24) is 28.9 Å². The van der Waals surface area contributed by atoms with Crippen LogP contribution in [0.15, 0.2) is 36.4 Å². The van der Waals surface area contributed by atoms with Crippen LogP contribution in [0.2, 0.25) is 10.0 Å². The molecule has 4 saturated carbocycles. The Labute approximate surface area is 385 Å². The number of methoxy groups -OCH3 is 2. The van der Waals surface area contributed by atoms with Crippen molar-refractivity contribution in [2.45, 2.75) is 96.6 Å². The summed E-state index contributed by atoms with van der Waals surface area (Å²) in [5.41, 5.74) is 6.77. The molecule has 0 atom stereocenters. The van der Waals surface area contributed by atoms with E-state index in [2.05, 4.69) is 20.4 Å². The lowest BCUT2D eigenvalue weighted by Crippen LogP contribution is -2.39. The van der Waals surface area contributed by atoms with Crippen molar-refractivity contribution >= 4 is 52.4 Å². The molecule has 64 heavy (non-hydrogen) atoms. The number of fused-ring (bicyclic) bond motifs is 6. The van der Waals surface area contributed by atoms with E-state index >= 15 is 0 Å². The highest BCUT2D eigenvalue weighted by Crippen LogP contribution is 2.64. The van der Waals surface area contributed by atoms with E-state index in [0.29, 0.717) is 61.6 Å². The highest BCUT2D eigenvalue weighted by atomic mass is 35.5. The number of benzene rings is 2. The van der Waals surface area contributed by atoms with Crippen molar-refractivity contribution in [3.8, 4) is 11.1 Å². The SMILES string of the molecule is COCC12CCC(CN3CCc4c(nc(C(=O)Nc5cccc(-c6cccc(NC(=O)c7nc8c(n7C)CCN(CCC79CCC(C(=O)OC)(CC7)C9)C8)c6Cl)c5Cl)n4C)C3)(CC1)C2. The molecule has 2 aliphatic heterocycles. The molecule has 4 bridgehead atoms. The predicted octanol–water partition coefficient (Wildman–Crippen LogP) is 8.46. The Bertz CT molecular complexity index is 2510. The van der Waals surface area contributed by atoms with Crippen LogP contribution < -0.4 is 10.6 Å². The zero-order valence-corrected chi connectivity index (χ0v) is 39.1. The van der Waals surface area contributed by atoms with Crippen LogP contribution in [-0.2, 0) is 54.3 Å². The third-order valence-corrected chi connectivity index (χ3v) is 17.4. The van der Waals surface area contributed by atoms with Gasteiger partial charge in [0.1, 0.15) is 0 Å². The summed E-state index contributed by atoms with van der Waals surface area (Å²) in [6.07, 6.45) is 13.9. The van der Waals surface area contributed by atoms with Crippen molar-refractivity contribution < 1.29 is 23.9 Å². The molecule has 6 aliphatic rings. The Morgan fingerprint density at radius 2 is 1.20 bits per heavy atom. The molecule has 4 aliphatic carbocycles. The van der Waals surface area contributed by atoms with Gasteiger partial charge in [-0.25, -0.2) is 9.97 Å². The number of amides is 2. The van der Waals surface area contributed by atoms with Crippen molar-refractivity contribution in [2.24, 2.45) is 35.8 Å². The number of imidazole rings is 2. The topological polar surface area (TPSA) is 136 Å². The number of anilines is 2. The standard InChI is InChI=1S/C49H60Cl2N8O5/c1-56-37-11-22-58(24-21-46-17-19-49(28-46,20-18-46)45(62)64-4)25-35(37)52-41(56)43(60)54-33-9-5-7-31(39(33)50)32-8-6-10-34(40(32)51)55-44(61)42-53-36-26-59(23-12-38(36)57(42)2)29-47-13-15-48(27-47,16-14-47)30-63-3/h5-10H,11-30H2,1-4H3,(H,54,60)(H,55,61). The summed E-state index contributed by atoms with van der Waals surface area (Å²) in [4.78, 5) is 55.0. The van der Waals surface area contributed by atoms with Crippen molar-refractivity contribution in [3.05, 3.63) is 80.9 Å². The second-order valence-electron chi connectivity index (χ2n) is 20.3. The molecule has 4 aromatic rings. The van der Waals surface area contributed by atoms with E-state index in [0.717, 1.165) is 113 Å². The minimum absolute atomic E-state index is 0.0379. The van der Waals surface area contributed by atoms with E-state index in [1.807, 2.05) is 54.6 Å². The van der Waals surface area contributed by atoms with Gasteiger partial charge in [0, 0.05) is 89.3 Å². The third-order valence-electron chi connectivity index (χ3n) is 16.5. The van der Waals surface area contributed by atoms with Crippen molar-refractivity contribution in [2.75, 3.05) is 57.6 Å². The Morgan fingerprint density at radius 3 is 1.75 bits per heavy atom. The maximum Gasteiger partial charge on any atom is 0.311 e. The summed E-state index contributed by atoms with van der Waals surface area (Å²) in [5, 5.41) is 6.69. The highest BCUT2D eigenvalue weighted by Gasteiger charge is 2.58. The molecule has 4 heterocycles. The summed E-state index contributed by atoms with van der Waals surface area (Å²) in [7, 11) is 7.14. The number of esters is 1. The Hall–Kier alpha value is -4.27. The molecule has 0 unspecified atom stereocenters. The molecule has 0 radical (unpaired) electrons. The van der Waals surface area contributed by atoms with E-state index in [1.54, 1.807) is 12.1 Å². The summed E-state index contributed by atoms with van der Waals surface area (Å²) in [6.45, 7) is 6.12. The molecule has 0 spiro atoms. The maximum atomic E-state index is 13.9. The molecule has 2 aromatic heterocycles. The number of carbonyl (C=O) groups is 3. The number of rotatable bonds is 13. The molecular formula is C49H60Cl2N8O5. The molecular weight excluding hydrogens is 851 g/mol. The third kappa shape index (κ3) is 7.56. The number of ether oxygens (including phenoxy) is 2. The minimum Gasteiger partial charge on any atom is -0.469 e. The number of carbonyl (C=O) groups excluding carboxylic acids is 3. The minimum atomic E-state index is -0.355. The first-order chi connectivity index (χ1) is 30.8. The van der Waals surface area contributed by atoms with E-state index in [9.17, 15) is 14.4 Å². The van der Waals surface area contributed by atoms with E-state index in [4.69, 9.17) is 42.6 Å². The van der Waals surface area contributed by atoms with Gasteiger partial charge < -0.3 is 29.2 Å². The average Bonchev–Trinajstić information content (AvgIpc) is 4.15. The molecule has 2 aromatic carbocycles. The molecule has 13 nitrogen and oxygen atoms in total. The van der Waals surface area contributed by atoms with Crippen LogP contribution in [0, 0.1) is 21.7 Å². The van der Waals surface area contributed by atoms with Gasteiger partial charge in [-0.15, -0.1) is 0 Å². The van der Waals surface area contributed by atoms with Gasteiger partial charge in [0.15, 0.2) is 11.6 Å². The fraction of sp³-hybridized carbons (Fsp3) is 0.571. The molecule has 2 N–H and O–H groups in total. The quantitative estimate of drug-likeness (QED) is 0.127. The lowest BCUT2D eigenvalue weighted by molar-refractivity contribution is -0.152. The van der Waals surface area contributed by atoms with Crippen LogP contribution in [0.4, 0.5) is 11.4 Å². The first-order valence-electron chi connectivity index (χ1n) is 23.1. The van der Waals surface area contributed by atoms with Gasteiger partial charge in [-0.2, -0.15) is 0 Å². The van der Waals surface area contributed by atoms with Gasteiger partial charge in [-0.1, -0.05) is 47.5 Å². The summed E-state index contributed by atoms with van der Waals surface area (Å²) >= 11 is 14.1. The number of hydrogen-bond acceptors (Lipinski definition) is 9. The van der Waals surface area contributed by atoms with Crippen LogP contribution in [0.3, 0.4) is 0 Å². The zero-order chi connectivity index (χ0) is 44.6. The van der Waals surface area contributed by atoms with Gasteiger partial charge in [0.05, 0.1) is 51.9 Å². The Balaban J connectivity index is 0.785. The number of nitrogens with zero attached hydrogens (tertiary/aromatic N) is 6. The fourth-order valence-corrected chi connectivity index (χ4v) is 13.7. The monoisotopic (exact) mass is 910 g/mol. The lowest BCUT2D eigenvalue weighted by atomic mass is 9.80. The molecule has 2 amide bonds. The molecule has 340 valence electrons. The first kappa shape index (κ1) is 43.6. The second-order valence-corrected chi connectivity index (χ2v) is 21.1. The van der Waals surface area contributed by atoms with E-state index in [-0.39, 0.29) is 28.6 Å². The maximum absolute atomic E-state index is 13.9. The van der Waals surface area contributed by atoms with Gasteiger partial charge in [-0.05, 0) is 106 Å². The number of aromatic nitrogens is 4. The van der Waals surface area contributed by atoms with Crippen molar-refractivity contribution in [1.29, 1.82) is 0 Å². The average molecular weight is 912 g/mol. The van der Waals surface area contributed by atoms with Gasteiger partial charge in [0.2, 0.25) is 0 Å². The second kappa shape index (κ2) is 16.6. The van der Waals surface area contributed by atoms with Crippen LogP contribution in [0.5, 0.6) is 0 Å². The Kier molecular flexibility index (Phi) is 11.3. The van der Waals surface area contributed by atoms with Gasteiger partial charge in [-0.3, -0.25) is 24.2 Å². The molecule has 10 rings (SSSR count). The van der Waals surface area contributed by atoms with E-state index < -0.39 is 0 Å². The number of halogens is 2. The predicted molar refractivity (Wildman–Crippen MR) is 247 cm³/mol.